The molecular weight excluding hydrogens is 587 g/mol. The summed E-state index contributed by atoms with van der Waals surface area (Å²) in [6, 6.07) is 17.9. The first kappa shape index (κ1) is 40.1. The van der Waals surface area contributed by atoms with E-state index in [0.29, 0.717) is 13.6 Å². The Morgan fingerprint density at radius 3 is 2.38 bits per heavy atom. The van der Waals surface area contributed by atoms with Gasteiger partial charge in [-0.3, -0.25) is 14.0 Å². The van der Waals surface area contributed by atoms with Crippen molar-refractivity contribution >= 4 is 21.6 Å². The number of amides is 2. The van der Waals surface area contributed by atoms with Gasteiger partial charge in [0.1, 0.15) is 5.91 Å². The Balaban J connectivity index is 0.000000707. The number of hydrogen-bond donors (Lipinski definition) is 3. The summed E-state index contributed by atoms with van der Waals surface area (Å²) in [5, 5.41) is 9.01. The zero-order valence-corrected chi connectivity index (χ0v) is 29.0. The van der Waals surface area contributed by atoms with Crippen LogP contribution in [0.15, 0.2) is 78.4 Å². The Hall–Kier alpha value is -2.89. The Kier molecular flexibility index (Phi) is 21.7. The van der Waals surface area contributed by atoms with Gasteiger partial charge >= 0.3 is 0 Å². The number of aryl methyl sites for hydroxylation is 1. The van der Waals surface area contributed by atoms with Crippen molar-refractivity contribution in [2.75, 3.05) is 26.8 Å². The summed E-state index contributed by atoms with van der Waals surface area (Å²) in [5.74, 6) is -1.37. The number of benzene rings is 2. The number of alkyl halides is 2. The average molecular weight is 644 g/mol. The fourth-order valence-corrected chi connectivity index (χ4v) is 5.58. The van der Waals surface area contributed by atoms with E-state index in [2.05, 4.69) is 50.3 Å². The predicted molar refractivity (Wildman–Crippen MR) is 189 cm³/mol. The average Bonchev–Trinajstić information content (AvgIpc) is 3.07. The third-order valence-electron chi connectivity index (χ3n) is 7.93. The van der Waals surface area contributed by atoms with E-state index in [9.17, 15) is 18.4 Å². The van der Waals surface area contributed by atoms with Gasteiger partial charge in [0, 0.05) is 6.04 Å². The van der Waals surface area contributed by atoms with Gasteiger partial charge in [0.15, 0.2) is 0 Å². The van der Waals surface area contributed by atoms with E-state index in [4.69, 9.17) is 0 Å². The highest BCUT2D eigenvalue weighted by Gasteiger charge is 2.42. The zero-order chi connectivity index (χ0) is 33.3. The van der Waals surface area contributed by atoms with Gasteiger partial charge in [0.2, 0.25) is 12.3 Å². The third kappa shape index (κ3) is 14.8. The quantitative estimate of drug-likeness (QED) is 0.0879. The lowest BCUT2D eigenvalue weighted by molar-refractivity contribution is -0.125. The van der Waals surface area contributed by atoms with Crippen molar-refractivity contribution in [3.63, 3.8) is 0 Å². The summed E-state index contributed by atoms with van der Waals surface area (Å²) >= 11 is 0. The summed E-state index contributed by atoms with van der Waals surface area (Å²) in [7, 11) is 2.59. The van der Waals surface area contributed by atoms with Crippen LogP contribution in [0.25, 0.3) is 0 Å². The van der Waals surface area contributed by atoms with Crippen LogP contribution >= 0.6 is 9.24 Å². The lowest BCUT2D eigenvalue weighted by Gasteiger charge is -2.35. The molecule has 250 valence electrons. The molecule has 0 saturated heterocycles. The lowest BCUT2D eigenvalue weighted by atomic mass is 9.69. The first-order chi connectivity index (χ1) is 21.8. The van der Waals surface area contributed by atoms with Crippen LogP contribution in [0.5, 0.6) is 0 Å². The molecule has 0 bridgehead atoms. The molecular formula is C37H56F2N3O2P. The molecule has 4 unspecified atom stereocenters. The highest BCUT2D eigenvalue weighted by molar-refractivity contribution is 7.17. The Morgan fingerprint density at radius 1 is 1.04 bits per heavy atom. The molecule has 2 aromatic rings. The number of hydrogen-bond acceptors (Lipinski definition) is 3. The second-order valence-electron chi connectivity index (χ2n) is 11.4. The number of nitrogens with one attached hydrogen (secondary N) is 3. The summed E-state index contributed by atoms with van der Waals surface area (Å²) in [6.45, 7) is 7.84. The molecule has 0 aromatic heterocycles. The van der Waals surface area contributed by atoms with E-state index in [1.54, 1.807) is 5.57 Å². The molecule has 0 aliphatic heterocycles. The highest BCUT2D eigenvalue weighted by atomic mass is 31.0. The van der Waals surface area contributed by atoms with Gasteiger partial charge < -0.3 is 16.0 Å². The molecule has 3 rings (SSSR count). The Morgan fingerprint density at radius 2 is 1.76 bits per heavy atom. The summed E-state index contributed by atoms with van der Waals surface area (Å²) in [5.41, 5.74) is 3.65. The normalized spacial score (nSPS) is 14.7. The lowest BCUT2D eigenvalue weighted by Crippen LogP contribution is -2.47. The van der Waals surface area contributed by atoms with E-state index >= 15 is 0 Å². The molecule has 0 saturated carbocycles. The minimum Gasteiger partial charge on any atom is -0.356 e. The molecule has 1 aliphatic carbocycles. The molecule has 2 aromatic carbocycles. The van der Waals surface area contributed by atoms with Crippen LogP contribution in [0, 0.1) is 6.92 Å². The smallest absolute Gasteiger partial charge is 0.235 e. The minimum atomic E-state index is -1.19. The number of allylic oxidation sites excluding steroid dienone is 4. The summed E-state index contributed by atoms with van der Waals surface area (Å²) in [6.07, 6.45) is 17.2. The maximum atomic E-state index is 13.7. The molecule has 0 spiro atoms. The molecule has 0 heterocycles. The van der Waals surface area contributed by atoms with Gasteiger partial charge in [0.05, 0.1) is 19.1 Å². The molecule has 5 nitrogen and oxygen atoms in total. The number of halogens is 2. The first-order valence-electron chi connectivity index (χ1n) is 16.3. The van der Waals surface area contributed by atoms with Crippen LogP contribution in [0.4, 0.5) is 8.78 Å². The van der Waals surface area contributed by atoms with Crippen molar-refractivity contribution in [1.29, 1.82) is 0 Å². The fraction of sp³-hybridized carbons (Fsp3) is 0.514. The third-order valence-corrected chi connectivity index (χ3v) is 8.17. The second-order valence-corrected chi connectivity index (χ2v) is 12.1. The topological polar surface area (TPSA) is 70.2 Å². The van der Waals surface area contributed by atoms with Crippen molar-refractivity contribution in [3.05, 3.63) is 95.1 Å². The van der Waals surface area contributed by atoms with Crippen LogP contribution in [-0.2, 0) is 15.0 Å². The minimum absolute atomic E-state index is 0.0431. The fourth-order valence-electron chi connectivity index (χ4n) is 5.46. The van der Waals surface area contributed by atoms with Gasteiger partial charge in [-0.25, -0.2) is 4.39 Å². The number of unbranched alkanes of at least 4 members (excludes halogenated alkanes) is 2. The van der Waals surface area contributed by atoms with Crippen LogP contribution in [0.1, 0.15) is 88.3 Å². The van der Waals surface area contributed by atoms with Crippen molar-refractivity contribution in [1.82, 2.24) is 16.0 Å². The van der Waals surface area contributed by atoms with Crippen molar-refractivity contribution in [3.8, 4) is 0 Å². The molecule has 8 heteroatoms. The van der Waals surface area contributed by atoms with Crippen molar-refractivity contribution in [2.45, 2.75) is 95.9 Å². The summed E-state index contributed by atoms with van der Waals surface area (Å²) < 4.78 is 23.1. The van der Waals surface area contributed by atoms with E-state index in [0.717, 1.165) is 55.5 Å². The molecule has 0 fully saturated rings. The van der Waals surface area contributed by atoms with E-state index in [-0.39, 0.29) is 18.5 Å². The number of rotatable bonds is 18. The predicted octanol–water partition coefficient (Wildman–Crippen LogP) is 7.89. The summed E-state index contributed by atoms with van der Waals surface area (Å²) in [4.78, 5) is 24.2. The first-order valence-corrected chi connectivity index (χ1v) is 16.9. The largest absolute Gasteiger partial charge is 0.356 e. The van der Waals surface area contributed by atoms with E-state index in [1.165, 1.54) is 32.1 Å². The molecule has 0 radical (unpaired) electrons. The Bertz CT molecular complexity index is 1140. The van der Waals surface area contributed by atoms with Gasteiger partial charge in [-0.05, 0) is 88.6 Å². The molecule has 3 N–H and O–H groups in total. The maximum absolute atomic E-state index is 13.7. The van der Waals surface area contributed by atoms with Crippen molar-refractivity contribution in [2.24, 2.45) is 0 Å². The van der Waals surface area contributed by atoms with E-state index < -0.39 is 11.3 Å². The highest BCUT2D eigenvalue weighted by Crippen LogP contribution is 2.39. The monoisotopic (exact) mass is 643 g/mol. The number of carbonyl (C=O) groups is 2. The van der Waals surface area contributed by atoms with Crippen LogP contribution in [0.3, 0.4) is 0 Å². The standard InChI is InChI=1S/C26H37FN3O2P.C10H16.CH3F/c1-20-10-6-7-13-23(20)26(22-11-4-3-5-12-22,25(32)29-18-24(27)33)15-8-9-16-28-17-14-21(2)30-19-31;1-2-3-7-10-8-5-4-6-9-10;1-2/h3-7,10-13,19,21,24,28H,8-9,14-18,33H2,1-2H3,(H,29,32)(H,30,31);4-5,8H,2-3,6-7,9H2,1H3;1H3. The van der Waals surface area contributed by atoms with Gasteiger partial charge in [-0.15, -0.1) is 0 Å². The molecule has 1 aliphatic rings. The maximum Gasteiger partial charge on any atom is 0.235 e. The molecule has 45 heavy (non-hydrogen) atoms. The van der Waals surface area contributed by atoms with Gasteiger partial charge in [-0.1, -0.05) is 107 Å². The van der Waals surface area contributed by atoms with Crippen molar-refractivity contribution < 1.29 is 18.4 Å². The SMILES string of the molecule is CCCCC1=CC=CCC1.CF.Cc1ccccc1C(CCCCNCCC(C)NC=O)(C(=O)NCC(F)P)c1ccccc1. The van der Waals surface area contributed by atoms with Crippen LogP contribution in [0.2, 0.25) is 0 Å². The van der Waals surface area contributed by atoms with Crippen LogP contribution in [-0.4, -0.2) is 51.1 Å². The second kappa shape index (κ2) is 24.4. The van der Waals surface area contributed by atoms with Gasteiger partial charge in [0.25, 0.3) is 0 Å². The number of carbonyl (C=O) groups excluding carboxylic acids is 2. The van der Waals surface area contributed by atoms with Gasteiger partial charge in [-0.2, -0.15) is 0 Å². The molecule has 4 atom stereocenters. The van der Waals surface area contributed by atoms with Crippen LogP contribution < -0.4 is 16.0 Å². The zero-order valence-electron chi connectivity index (χ0n) is 27.8. The van der Waals surface area contributed by atoms with E-state index in [1.807, 2.05) is 68.4 Å². The Labute approximate surface area is 273 Å². The molecule has 2 amide bonds.